The molecule has 0 saturated carbocycles. The van der Waals surface area contributed by atoms with Gasteiger partial charge in [0.2, 0.25) is 0 Å². The van der Waals surface area contributed by atoms with Crippen LogP contribution in [0.5, 0.6) is 0 Å². The Hall–Kier alpha value is -1.32. The van der Waals surface area contributed by atoms with Crippen LogP contribution in [0.25, 0.3) is 0 Å². The Kier molecular flexibility index (Phi) is 12.9. The lowest BCUT2D eigenvalue weighted by Crippen LogP contribution is -2.11. The zero-order valence-electron chi connectivity index (χ0n) is 16.9. The van der Waals surface area contributed by atoms with E-state index in [1.807, 2.05) is 13.8 Å². The zero-order chi connectivity index (χ0) is 19.0. The molecule has 0 amide bonds. The van der Waals surface area contributed by atoms with Gasteiger partial charge in [0.05, 0.1) is 13.2 Å². The van der Waals surface area contributed by atoms with Crippen LogP contribution in [0.15, 0.2) is 11.1 Å². The van der Waals surface area contributed by atoms with Crippen molar-refractivity contribution in [1.82, 2.24) is 0 Å². The van der Waals surface area contributed by atoms with Crippen molar-refractivity contribution < 1.29 is 19.1 Å². The van der Waals surface area contributed by atoms with Gasteiger partial charge in [-0.2, -0.15) is 0 Å². The molecule has 0 aromatic heterocycles. The summed E-state index contributed by atoms with van der Waals surface area (Å²) in [5, 5.41) is 0. The summed E-state index contributed by atoms with van der Waals surface area (Å²) in [7, 11) is 0. The molecule has 1 rings (SSSR count). The first kappa shape index (κ1) is 22.7. The molecule has 1 aliphatic rings. The van der Waals surface area contributed by atoms with E-state index in [9.17, 15) is 9.59 Å². The van der Waals surface area contributed by atoms with E-state index in [1.165, 1.54) is 44.1 Å². The Morgan fingerprint density at radius 1 is 0.769 bits per heavy atom. The van der Waals surface area contributed by atoms with Crippen molar-refractivity contribution in [3.63, 3.8) is 0 Å². The molecule has 4 heteroatoms. The van der Waals surface area contributed by atoms with Crippen molar-refractivity contribution in [1.29, 1.82) is 0 Å². The van der Waals surface area contributed by atoms with Gasteiger partial charge in [-0.05, 0) is 58.8 Å². The molecule has 0 fully saturated rings. The van der Waals surface area contributed by atoms with Crippen molar-refractivity contribution in [3.8, 4) is 0 Å². The molecular formula is C22H38O4. The normalized spacial score (nSPS) is 19.9. The van der Waals surface area contributed by atoms with Gasteiger partial charge in [0.15, 0.2) is 0 Å². The van der Waals surface area contributed by atoms with E-state index in [0.29, 0.717) is 19.6 Å². The second-order valence-corrected chi connectivity index (χ2v) is 7.14. The Morgan fingerprint density at radius 3 is 1.96 bits per heavy atom. The summed E-state index contributed by atoms with van der Waals surface area (Å²) >= 11 is 0. The molecule has 150 valence electrons. The van der Waals surface area contributed by atoms with Crippen LogP contribution < -0.4 is 0 Å². The standard InChI is InChI=1S/C22H38O4/c1-3-25-21(23)18-14-13-16-19-15-11-9-7-5-6-8-10-12-17-20(19)22(24)26-4-2/h3-18H2,1-2H3/b20-19-. The van der Waals surface area contributed by atoms with Crippen LogP contribution in [0, 0.1) is 0 Å². The van der Waals surface area contributed by atoms with Crippen LogP contribution in [0.1, 0.15) is 104 Å². The molecular weight excluding hydrogens is 328 g/mol. The minimum Gasteiger partial charge on any atom is -0.466 e. The van der Waals surface area contributed by atoms with Crippen molar-refractivity contribution in [2.45, 2.75) is 104 Å². The summed E-state index contributed by atoms with van der Waals surface area (Å²) in [4.78, 5) is 24.0. The number of carbonyl (C=O) groups is 2. The first-order chi connectivity index (χ1) is 12.7. The van der Waals surface area contributed by atoms with Crippen molar-refractivity contribution in [2.24, 2.45) is 0 Å². The smallest absolute Gasteiger partial charge is 0.333 e. The van der Waals surface area contributed by atoms with Crippen LogP contribution >= 0.6 is 0 Å². The molecule has 1 aliphatic carbocycles. The summed E-state index contributed by atoms with van der Waals surface area (Å²) in [5.41, 5.74) is 2.19. The molecule has 0 unspecified atom stereocenters. The number of unbranched alkanes of at least 4 members (excludes halogenated alkanes) is 1. The second-order valence-electron chi connectivity index (χ2n) is 7.14. The maximum Gasteiger partial charge on any atom is 0.333 e. The summed E-state index contributed by atoms with van der Waals surface area (Å²) in [6.07, 6.45) is 14.8. The average Bonchev–Trinajstić information content (AvgIpc) is 2.60. The maximum absolute atomic E-state index is 12.5. The second kappa shape index (κ2) is 14.8. The van der Waals surface area contributed by atoms with E-state index in [4.69, 9.17) is 9.47 Å². The number of esters is 2. The molecule has 0 heterocycles. The van der Waals surface area contributed by atoms with E-state index in [1.54, 1.807) is 0 Å². The highest BCUT2D eigenvalue weighted by Gasteiger charge is 2.17. The lowest BCUT2D eigenvalue weighted by atomic mass is 9.91. The fourth-order valence-electron chi connectivity index (χ4n) is 3.61. The van der Waals surface area contributed by atoms with E-state index in [2.05, 4.69) is 0 Å². The van der Waals surface area contributed by atoms with Gasteiger partial charge in [-0.1, -0.05) is 44.1 Å². The highest BCUT2D eigenvalue weighted by atomic mass is 16.5. The molecule has 0 aliphatic heterocycles. The monoisotopic (exact) mass is 366 g/mol. The van der Waals surface area contributed by atoms with Gasteiger partial charge in [-0.3, -0.25) is 4.79 Å². The Morgan fingerprint density at radius 2 is 1.35 bits per heavy atom. The summed E-state index contributed by atoms with van der Waals surface area (Å²) in [5.74, 6) is -0.240. The van der Waals surface area contributed by atoms with E-state index >= 15 is 0 Å². The first-order valence-corrected chi connectivity index (χ1v) is 10.7. The van der Waals surface area contributed by atoms with Crippen LogP contribution in [0.3, 0.4) is 0 Å². The summed E-state index contributed by atoms with van der Waals surface area (Å²) < 4.78 is 10.3. The van der Waals surface area contributed by atoms with Crippen LogP contribution in [0.4, 0.5) is 0 Å². The predicted molar refractivity (Wildman–Crippen MR) is 105 cm³/mol. The van der Waals surface area contributed by atoms with Gasteiger partial charge in [0.1, 0.15) is 0 Å². The number of hydrogen-bond acceptors (Lipinski definition) is 4. The number of ether oxygens (including phenoxy) is 2. The van der Waals surface area contributed by atoms with Crippen molar-refractivity contribution in [2.75, 3.05) is 13.2 Å². The fourth-order valence-corrected chi connectivity index (χ4v) is 3.61. The van der Waals surface area contributed by atoms with Crippen LogP contribution in [-0.4, -0.2) is 25.2 Å². The minimum absolute atomic E-state index is 0.120. The van der Waals surface area contributed by atoms with E-state index < -0.39 is 0 Å². The first-order valence-electron chi connectivity index (χ1n) is 10.7. The Labute approximate surface area is 159 Å². The van der Waals surface area contributed by atoms with Gasteiger partial charge in [-0.25, -0.2) is 4.79 Å². The molecule has 4 nitrogen and oxygen atoms in total. The molecule has 0 atom stereocenters. The number of hydrogen-bond donors (Lipinski definition) is 0. The largest absolute Gasteiger partial charge is 0.466 e. The van der Waals surface area contributed by atoms with Crippen LogP contribution in [0.2, 0.25) is 0 Å². The highest BCUT2D eigenvalue weighted by molar-refractivity contribution is 5.89. The summed E-state index contributed by atoms with van der Waals surface area (Å²) in [6, 6.07) is 0. The van der Waals surface area contributed by atoms with Gasteiger partial charge in [0, 0.05) is 12.0 Å². The van der Waals surface area contributed by atoms with Gasteiger partial charge < -0.3 is 9.47 Å². The fraction of sp³-hybridized carbons (Fsp3) is 0.818. The zero-order valence-corrected chi connectivity index (χ0v) is 16.9. The molecule has 0 spiro atoms. The van der Waals surface area contributed by atoms with Crippen molar-refractivity contribution in [3.05, 3.63) is 11.1 Å². The lowest BCUT2D eigenvalue weighted by Gasteiger charge is -2.16. The lowest BCUT2D eigenvalue weighted by molar-refractivity contribution is -0.143. The van der Waals surface area contributed by atoms with E-state index in [0.717, 1.165) is 50.5 Å². The predicted octanol–water partition coefficient (Wildman–Crippen LogP) is 5.88. The third-order valence-corrected chi connectivity index (χ3v) is 5.02. The van der Waals surface area contributed by atoms with Gasteiger partial charge in [-0.15, -0.1) is 0 Å². The Bertz CT molecular complexity index is 439. The number of allylic oxidation sites excluding steroid dienone is 1. The molecule has 0 saturated heterocycles. The number of carbonyl (C=O) groups excluding carboxylic acids is 2. The molecule has 0 radical (unpaired) electrons. The summed E-state index contributed by atoms with van der Waals surface area (Å²) in [6.45, 7) is 4.57. The molecule has 0 N–H and O–H groups in total. The van der Waals surface area contributed by atoms with Crippen LogP contribution in [-0.2, 0) is 19.1 Å². The highest BCUT2D eigenvalue weighted by Crippen LogP contribution is 2.26. The topological polar surface area (TPSA) is 52.6 Å². The van der Waals surface area contributed by atoms with E-state index in [-0.39, 0.29) is 11.9 Å². The van der Waals surface area contributed by atoms with Crippen molar-refractivity contribution >= 4 is 11.9 Å². The molecule has 0 aromatic carbocycles. The van der Waals surface area contributed by atoms with Gasteiger partial charge >= 0.3 is 11.9 Å². The average molecular weight is 367 g/mol. The molecule has 0 aromatic rings. The van der Waals surface area contributed by atoms with Gasteiger partial charge in [0.25, 0.3) is 0 Å². The SMILES string of the molecule is CCOC(=O)CCCC/C1=C(\C(=O)OCC)CCCCCCCCCC1. The quantitative estimate of drug-likeness (QED) is 0.397. The molecule has 0 bridgehead atoms. The third kappa shape index (κ3) is 9.98. The Balaban J connectivity index is 2.71. The minimum atomic E-state index is -0.120. The molecule has 26 heavy (non-hydrogen) atoms. The maximum atomic E-state index is 12.5. The third-order valence-electron chi connectivity index (χ3n) is 5.02. The number of rotatable bonds is 8.